The Balaban J connectivity index is 2.32. The standard InChI is InChI=1S/C16H23N3O4/c17-16-2-1-12(5-15(16)11-3-4-18-6-11)19(7-13(22)9-20)8-14(23)10-21/h1-6,13-14,18,20-23H,7-10,17H2. The summed E-state index contributed by atoms with van der Waals surface area (Å²) < 4.78 is 0. The van der Waals surface area contributed by atoms with E-state index in [0.29, 0.717) is 5.69 Å². The Morgan fingerprint density at radius 1 is 1.04 bits per heavy atom. The number of aromatic amines is 1. The van der Waals surface area contributed by atoms with Gasteiger partial charge in [-0.2, -0.15) is 0 Å². The number of benzene rings is 1. The van der Waals surface area contributed by atoms with Gasteiger partial charge in [0.15, 0.2) is 0 Å². The molecule has 126 valence electrons. The Hall–Kier alpha value is -2.06. The molecular weight excluding hydrogens is 298 g/mol. The minimum absolute atomic E-state index is 0.129. The fourth-order valence-electron chi connectivity index (χ4n) is 2.39. The van der Waals surface area contributed by atoms with Gasteiger partial charge >= 0.3 is 0 Å². The highest BCUT2D eigenvalue weighted by atomic mass is 16.3. The van der Waals surface area contributed by atoms with E-state index in [1.165, 1.54) is 0 Å². The number of aliphatic hydroxyl groups is 4. The first kappa shape index (κ1) is 17.3. The quantitative estimate of drug-likeness (QED) is 0.373. The van der Waals surface area contributed by atoms with Crippen LogP contribution in [-0.2, 0) is 0 Å². The zero-order valence-electron chi connectivity index (χ0n) is 12.8. The van der Waals surface area contributed by atoms with Crippen LogP contribution in [0.3, 0.4) is 0 Å². The van der Waals surface area contributed by atoms with Crippen LogP contribution in [0.15, 0.2) is 36.7 Å². The van der Waals surface area contributed by atoms with Gasteiger partial charge in [-0.15, -0.1) is 0 Å². The second-order valence-corrected chi connectivity index (χ2v) is 5.45. The molecule has 23 heavy (non-hydrogen) atoms. The van der Waals surface area contributed by atoms with Gasteiger partial charge in [-0.25, -0.2) is 0 Å². The van der Waals surface area contributed by atoms with Crippen molar-refractivity contribution in [1.82, 2.24) is 4.98 Å². The number of anilines is 2. The SMILES string of the molecule is Nc1ccc(N(CC(O)CO)CC(O)CO)cc1-c1cc[nH]c1. The second-order valence-electron chi connectivity index (χ2n) is 5.45. The van der Waals surface area contributed by atoms with E-state index in [4.69, 9.17) is 15.9 Å². The summed E-state index contributed by atoms with van der Waals surface area (Å²) >= 11 is 0. The highest BCUT2D eigenvalue weighted by Crippen LogP contribution is 2.30. The molecule has 2 atom stereocenters. The molecule has 0 aliphatic heterocycles. The van der Waals surface area contributed by atoms with Crippen molar-refractivity contribution in [3.8, 4) is 11.1 Å². The van der Waals surface area contributed by atoms with E-state index in [-0.39, 0.29) is 26.3 Å². The molecule has 2 aromatic rings. The summed E-state index contributed by atoms with van der Waals surface area (Å²) in [7, 11) is 0. The third-order valence-electron chi connectivity index (χ3n) is 3.59. The van der Waals surface area contributed by atoms with Crippen molar-refractivity contribution in [3.05, 3.63) is 36.7 Å². The maximum Gasteiger partial charge on any atom is 0.0945 e. The lowest BCUT2D eigenvalue weighted by Crippen LogP contribution is -2.40. The molecule has 0 aliphatic rings. The minimum atomic E-state index is -0.950. The predicted octanol–water partition coefficient (Wildman–Crippen LogP) is -0.223. The van der Waals surface area contributed by atoms with E-state index in [2.05, 4.69) is 4.98 Å². The smallest absolute Gasteiger partial charge is 0.0945 e. The van der Waals surface area contributed by atoms with Crippen LogP contribution in [0.4, 0.5) is 11.4 Å². The van der Waals surface area contributed by atoms with Crippen molar-refractivity contribution in [2.24, 2.45) is 0 Å². The summed E-state index contributed by atoms with van der Waals surface area (Å²) in [4.78, 5) is 4.68. The maximum absolute atomic E-state index is 9.72. The number of hydrogen-bond donors (Lipinski definition) is 6. The van der Waals surface area contributed by atoms with Crippen molar-refractivity contribution in [3.63, 3.8) is 0 Å². The van der Waals surface area contributed by atoms with Crippen LogP contribution in [-0.4, -0.2) is 63.9 Å². The summed E-state index contributed by atoms with van der Waals surface area (Å²) in [5.41, 5.74) is 9.12. The molecule has 0 bridgehead atoms. The molecular formula is C16H23N3O4. The molecule has 7 nitrogen and oxygen atoms in total. The van der Waals surface area contributed by atoms with Crippen molar-refractivity contribution in [2.45, 2.75) is 12.2 Å². The third kappa shape index (κ3) is 4.46. The number of aliphatic hydroxyl groups excluding tert-OH is 4. The number of nitrogen functional groups attached to an aromatic ring is 1. The first-order valence-electron chi connectivity index (χ1n) is 7.40. The lowest BCUT2D eigenvalue weighted by atomic mass is 10.1. The van der Waals surface area contributed by atoms with Gasteiger partial charge in [0, 0.05) is 48.0 Å². The van der Waals surface area contributed by atoms with Crippen LogP contribution >= 0.6 is 0 Å². The van der Waals surface area contributed by atoms with Gasteiger partial charge in [-0.3, -0.25) is 0 Å². The molecule has 0 fully saturated rings. The normalized spacial score (nSPS) is 13.7. The zero-order valence-corrected chi connectivity index (χ0v) is 12.8. The number of aromatic nitrogens is 1. The molecule has 0 saturated heterocycles. The van der Waals surface area contributed by atoms with E-state index in [1.54, 1.807) is 23.2 Å². The Morgan fingerprint density at radius 2 is 1.70 bits per heavy atom. The van der Waals surface area contributed by atoms with E-state index in [1.807, 2.05) is 18.3 Å². The van der Waals surface area contributed by atoms with Crippen LogP contribution in [0.5, 0.6) is 0 Å². The summed E-state index contributed by atoms with van der Waals surface area (Å²) in [6, 6.07) is 7.28. The van der Waals surface area contributed by atoms with Crippen LogP contribution in [0.2, 0.25) is 0 Å². The number of nitrogens with zero attached hydrogens (tertiary/aromatic N) is 1. The van der Waals surface area contributed by atoms with Gasteiger partial charge in [0.05, 0.1) is 25.4 Å². The Labute approximate surface area is 134 Å². The monoisotopic (exact) mass is 321 g/mol. The summed E-state index contributed by atoms with van der Waals surface area (Å²) in [5, 5.41) is 37.6. The van der Waals surface area contributed by atoms with Crippen molar-refractivity contribution in [1.29, 1.82) is 0 Å². The molecule has 0 saturated carbocycles. The summed E-state index contributed by atoms with van der Waals surface area (Å²) in [6.45, 7) is -0.509. The molecule has 0 aliphatic carbocycles. The van der Waals surface area contributed by atoms with Crippen molar-refractivity contribution in [2.75, 3.05) is 36.9 Å². The van der Waals surface area contributed by atoms with Crippen LogP contribution in [0, 0.1) is 0 Å². The van der Waals surface area contributed by atoms with Gasteiger partial charge in [-0.05, 0) is 24.3 Å². The Bertz CT molecular complexity index is 591. The van der Waals surface area contributed by atoms with Gasteiger partial charge in [0.25, 0.3) is 0 Å². The fourth-order valence-corrected chi connectivity index (χ4v) is 2.39. The highest BCUT2D eigenvalue weighted by Gasteiger charge is 2.17. The number of rotatable bonds is 8. The first-order chi connectivity index (χ1) is 11.0. The molecule has 0 spiro atoms. The Morgan fingerprint density at radius 3 is 2.22 bits per heavy atom. The van der Waals surface area contributed by atoms with Gasteiger partial charge in [-0.1, -0.05) is 0 Å². The molecule has 1 aromatic carbocycles. The maximum atomic E-state index is 9.72. The Kier molecular flexibility index (Phi) is 6.00. The number of nitrogens with one attached hydrogen (secondary N) is 1. The van der Waals surface area contributed by atoms with Crippen LogP contribution in [0.25, 0.3) is 11.1 Å². The largest absolute Gasteiger partial charge is 0.398 e. The van der Waals surface area contributed by atoms with Crippen LogP contribution < -0.4 is 10.6 Å². The molecule has 7 N–H and O–H groups in total. The second kappa shape index (κ2) is 7.98. The van der Waals surface area contributed by atoms with Crippen molar-refractivity contribution >= 4 is 11.4 Å². The predicted molar refractivity (Wildman–Crippen MR) is 89.0 cm³/mol. The molecule has 1 heterocycles. The van der Waals surface area contributed by atoms with Crippen molar-refractivity contribution < 1.29 is 20.4 Å². The topological polar surface area (TPSA) is 126 Å². The van der Waals surface area contributed by atoms with Gasteiger partial charge < -0.3 is 36.0 Å². The van der Waals surface area contributed by atoms with Gasteiger partial charge in [0.1, 0.15) is 0 Å². The van der Waals surface area contributed by atoms with Gasteiger partial charge in [0.2, 0.25) is 0 Å². The third-order valence-corrected chi connectivity index (χ3v) is 3.59. The molecule has 2 rings (SSSR count). The van der Waals surface area contributed by atoms with E-state index in [9.17, 15) is 10.2 Å². The average Bonchev–Trinajstić information content (AvgIpc) is 3.08. The lowest BCUT2D eigenvalue weighted by Gasteiger charge is -2.29. The van der Waals surface area contributed by atoms with E-state index >= 15 is 0 Å². The summed E-state index contributed by atoms with van der Waals surface area (Å²) in [6.07, 6.45) is 1.72. The van der Waals surface area contributed by atoms with E-state index in [0.717, 1.165) is 16.8 Å². The number of nitrogens with two attached hydrogens (primary N) is 1. The molecule has 0 amide bonds. The molecule has 7 heteroatoms. The summed E-state index contributed by atoms with van der Waals surface area (Å²) in [5.74, 6) is 0. The average molecular weight is 321 g/mol. The fraction of sp³-hybridized carbons (Fsp3) is 0.375. The highest BCUT2D eigenvalue weighted by molar-refractivity contribution is 5.79. The molecule has 2 unspecified atom stereocenters. The lowest BCUT2D eigenvalue weighted by molar-refractivity contribution is 0.0839. The minimum Gasteiger partial charge on any atom is -0.398 e. The molecule has 1 aromatic heterocycles. The number of H-pyrrole nitrogens is 1. The van der Waals surface area contributed by atoms with Crippen LogP contribution in [0.1, 0.15) is 0 Å². The first-order valence-corrected chi connectivity index (χ1v) is 7.40. The van der Waals surface area contributed by atoms with E-state index < -0.39 is 12.2 Å². The zero-order chi connectivity index (χ0) is 16.8. The number of hydrogen-bond acceptors (Lipinski definition) is 6. The molecule has 0 radical (unpaired) electrons.